The minimum Gasteiger partial charge on any atom is -0.445 e. The van der Waals surface area contributed by atoms with Gasteiger partial charge in [0.1, 0.15) is 12.6 Å². The van der Waals surface area contributed by atoms with E-state index in [9.17, 15) is 9.59 Å². The number of nitrogens with one attached hydrogen (secondary N) is 1. The fourth-order valence-corrected chi connectivity index (χ4v) is 1.60. The van der Waals surface area contributed by atoms with Crippen molar-refractivity contribution in [3.05, 3.63) is 35.9 Å². The number of amides is 2. The smallest absolute Gasteiger partial charge is 0.408 e. The molecular weight excluding hydrogens is 244 g/mol. The molecule has 0 saturated carbocycles. The molecule has 5 nitrogen and oxygen atoms in total. The van der Waals surface area contributed by atoms with Crippen molar-refractivity contribution in [3.63, 3.8) is 0 Å². The highest BCUT2D eigenvalue weighted by Gasteiger charge is 2.31. The zero-order chi connectivity index (χ0) is 14.5. The van der Waals surface area contributed by atoms with E-state index in [-0.39, 0.29) is 6.61 Å². The molecule has 0 aliphatic heterocycles. The lowest BCUT2D eigenvalue weighted by Crippen LogP contribution is -2.52. The zero-order valence-corrected chi connectivity index (χ0v) is 11.5. The number of alkyl carbamates (subject to hydrolysis) is 1. The van der Waals surface area contributed by atoms with Crippen molar-refractivity contribution in [1.29, 1.82) is 0 Å². The van der Waals surface area contributed by atoms with Crippen LogP contribution in [0.5, 0.6) is 0 Å². The summed E-state index contributed by atoms with van der Waals surface area (Å²) in [7, 11) is 0. The van der Waals surface area contributed by atoms with Crippen LogP contribution in [0.4, 0.5) is 4.79 Å². The average Bonchev–Trinajstić information content (AvgIpc) is 2.33. The van der Waals surface area contributed by atoms with Crippen molar-refractivity contribution in [2.24, 2.45) is 11.1 Å². The van der Waals surface area contributed by atoms with Crippen molar-refractivity contribution in [1.82, 2.24) is 5.32 Å². The van der Waals surface area contributed by atoms with E-state index in [2.05, 4.69) is 5.32 Å². The first-order chi connectivity index (χ1) is 8.80. The first kappa shape index (κ1) is 15.0. The van der Waals surface area contributed by atoms with Gasteiger partial charge in [0.2, 0.25) is 5.91 Å². The lowest BCUT2D eigenvalue weighted by molar-refractivity contribution is -0.122. The summed E-state index contributed by atoms with van der Waals surface area (Å²) < 4.78 is 5.05. The summed E-state index contributed by atoms with van der Waals surface area (Å²) in [5, 5.41) is 2.49. The molecule has 2 amide bonds. The summed E-state index contributed by atoms with van der Waals surface area (Å²) in [6.07, 6.45) is -0.650. The van der Waals surface area contributed by atoms with E-state index < -0.39 is 23.5 Å². The van der Waals surface area contributed by atoms with Gasteiger partial charge in [0.15, 0.2) is 0 Å². The van der Waals surface area contributed by atoms with Gasteiger partial charge in [-0.2, -0.15) is 0 Å². The molecule has 0 spiro atoms. The van der Waals surface area contributed by atoms with Crippen LogP contribution in [0.1, 0.15) is 26.3 Å². The first-order valence-electron chi connectivity index (χ1n) is 6.07. The van der Waals surface area contributed by atoms with Gasteiger partial charge in [-0.05, 0) is 11.0 Å². The lowest BCUT2D eigenvalue weighted by Gasteiger charge is -2.28. The maximum atomic E-state index is 11.6. The van der Waals surface area contributed by atoms with E-state index in [0.29, 0.717) is 0 Å². The normalized spacial score (nSPS) is 12.6. The predicted molar refractivity (Wildman–Crippen MR) is 72.2 cm³/mol. The molecule has 0 aromatic heterocycles. The molecule has 0 fully saturated rings. The second-order valence-corrected chi connectivity index (χ2v) is 5.41. The van der Waals surface area contributed by atoms with Gasteiger partial charge in [0.05, 0.1) is 0 Å². The molecule has 5 heteroatoms. The predicted octanol–water partition coefficient (Wildman–Crippen LogP) is 1.81. The SMILES string of the molecule is CC(C)(C)C(NC(=O)OCc1ccccc1)C(N)=O. The van der Waals surface area contributed by atoms with Gasteiger partial charge in [-0.25, -0.2) is 4.79 Å². The monoisotopic (exact) mass is 264 g/mol. The van der Waals surface area contributed by atoms with Crippen LogP contribution in [-0.4, -0.2) is 18.0 Å². The second kappa shape index (κ2) is 6.22. The third-order valence-electron chi connectivity index (χ3n) is 2.63. The summed E-state index contributed by atoms with van der Waals surface area (Å²) in [5.74, 6) is -0.579. The van der Waals surface area contributed by atoms with Gasteiger partial charge in [-0.15, -0.1) is 0 Å². The molecule has 19 heavy (non-hydrogen) atoms. The van der Waals surface area contributed by atoms with Crippen molar-refractivity contribution in [3.8, 4) is 0 Å². The Hall–Kier alpha value is -2.04. The molecule has 1 rings (SSSR count). The highest BCUT2D eigenvalue weighted by molar-refractivity contribution is 5.84. The van der Waals surface area contributed by atoms with Crippen molar-refractivity contribution >= 4 is 12.0 Å². The van der Waals surface area contributed by atoms with Crippen molar-refractivity contribution in [2.75, 3.05) is 0 Å². The fourth-order valence-electron chi connectivity index (χ4n) is 1.60. The molecule has 0 heterocycles. The maximum absolute atomic E-state index is 11.6. The van der Waals surface area contributed by atoms with Gasteiger partial charge in [-0.3, -0.25) is 4.79 Å². The van der Waals surface area contributed by atoms with E-state index in [1.165, 1.54) is 0 Å². The van der Waals surface area contributed by atoms with Crippen LogP contribution in [0.2, 0.25) is 0 Å². The largest absolute Gasteiger partial charge is 0.445 e. The summed E-state index contributed by atoms with van der Waals surface area (Å²) in [4.78, 5) is 22.9. The Bertz CT molecular complexity index is 438. The third-order valence-corrected chi connectivity index (χ3v) is 2.63. The standard InChI is InChI=1S/C14H20N2O3/c1-14(2,3)11(12(15)17)16-13(18)19-9-10-7-5-4-6-8-10/h4-8,11H,9H2,1-3H3,(H2,15,17)(H,16,18). The number of rotatable bonds is 4. The number of carbonyl (C=O) groups is 2. The van der Waals surface area contributed by atoms with Crippen LogP contribution in [0.3, 0.4) is 0 Å². The molecule has 1 aromatic rings. The van der Waals surface area contributed by atoms with Gasteiger partial charge in [0.25, 0.3) is 0 Å². The zero-order valence-electron chi connectivity index (χ0n) is 11.5. The number of hydrogen-bond donors (Lipinski definition) is 2. The van der Waals surface area contributed by atoms with Gasteiger partial charge in [0, 0.05) is 0 Å². The highest BCUT2D eigenvalue weighted by atomic mass is 16.5. The van der Waals surface area contributed by atoms with Crippen molar-refractivity contribution in [2.45, 2.75) is 33.4 Å². The molecule has 0 saturated heterocycles. The van der Waals surface area contributed by atoms with Crippen LogP contribution in [0, 0.1) is 5.41 Å². The fraction of sp³-hybridized carbons (Fsp3) is 0.429. The molecule has 0 bridgehead atoms. The molecule has 0 aliphatic carbocycles. The van der Waals surface area contributed by atoms with Crippen LogP contribution < -0.4 is 11.1 Å². The van der Waals surface area contributed by atoms with Crippen LogP contribution in [-0.2, 0) is 16.1 Å². The van der Waals surface area contributed by atoms with Crippen LogP contribution in [0.25, 0.3) is 0 Å². The Morgan fingerprint density at radius 1 is 1.26 bits per heavy atom. The van der Waals surface area contributed by atoms with Gasteiger partial charge < -0.3 is 15.8 Å². The Labute approximate surface area is 113 Å². The van der Waals surface area contributed by atoms with E-state index >= 15 is 0 Å². The molecule has 1 unspecified atom stereocenters. The lowest BCUT2D eigenvalue weighted by atomic mass is 9.86. The molecule has 1 aromatic carbocycles. The Morgan fingerprint density at radius 3 is 2.32 bits per heavy atom. The van der Waals surface area contributed by atoms with E-state index in [1.54, 1.807) is 0 Å². The Balaban J connectivity index is 2.52. The van der Waals surface area contributed by atoms with E-state index in [0.717, 1.165) is 5.56 Å². The first-order valence-corrected chi connectivity index (χ1v) is 6.07. The van der Waals surface area contributed by atoms with Gasteiger partial charge >= 0.3 is 6.09 Å². The molecular formula is C14H20N2O3. The van der Waals surface area contributed by atoms with Crippen molar-refractivity contribution < 1.29 is 14.3 Å². The van der Waals surface area contributed by atoms with Crippen LogP contribution in [0.15, 0.2) is 30.3 Å². The number of primary amides is 1. The number of benzene rings is 1. The van der Waals surface area contributed by atoms with Crippen LogP contribution >= 0.6 is 0 Å². The third kappa shape index (κ3) is 4.99. The summed E-state index contributed by atoms with van der Waals surface area (Å²) in [6, 6.07) is 8.53. The molecule has 0 aliphatic rings. The molecule has 3 N–H and O–H groups in total. The summed E-state index contributed by atoms with van der Waals surface area (Å²) in [5.41, 5.74) is 5.69. The number of ether oxygens (including phenoxy) is 1. The summed E-state index contributed by atoms with van der Waals surface area (Å²) in [6.45, 7) is 5.61. The highest BCUT2D eigenvalue weighted by Crippen LogP contribution is 2.19. The second-order valence-electron chi connectivity index (χ2n) is 5.41. The summed E-state index contributed by atoms with van der Waals surface area (Å²) >= 11 is 0. The average molecular weight is 264 g/mol. The number of hydrogen-bond acceptors (Lipinski definition) is 3. The molecule has 0 radical (unpaired) electrons. The number of nitrogens with two attached hydrogens (primary N) is 1. The maximum Gasteiger partial charge on any atom is 0.408 e. The quantitative estimate of drug-likeness (QED) is 0.870. The Morgan fingerprint density at radius 2 is 1.84 bits per heavy atom. The Kier molecular flexibility index (Phi) is 4.92. The molecule has 1 atom stereocenters. The van der Waals surface area contributed by atoms with Gasteiger partial charge in [-0.1, -0.05) is 51.1 Å². The minimum atomic E-state index is -0.768. The number of carbonyl (C=O) groups excluding carboxylic acids is 2. The van der Waals surface area contributed by atoms with E-state index in [4.69, 9.17) is 10.5 Å². The molecule has 104 valence electrons. The minimum absolute atomic E-state index is 0.155. The van der Waals surface area contributed by atoms with E-state index in [1.807, 2.05) is 51.1 Å². The topological polar surface area (TPSA) is 81.4 Å².